The zero-order chi connectivity index (χ0) is 13.0. The van der Waals surface area contributed by atoms with Crippen LogP contribution in [-0.2, 0) is 12.8 Å². The van der Waals surface area contributed by atoms with Crippen molar-refractivity contribution in [2.24, 2.45) is 0 Å². The maximum atomic E-state index is 11.7. The quantitative estimate of drug-likeness (QED) is 0.530. The summed E-state index contributed by atoms with van der Waals surface area (Å²) >= 11 is 2.24. The molecule has 0 saturated heterocycles. The van der Waals surface area contributed by atoms with E-state index in [1.807, 2.05) is 0 Å². The molecule has 4 rings (SSSR count). The SMILES string of the molecule is O=c1cc(I)c2cc3c4c(c2o1)CCCN4CCC3. The van der Waals surface area contributed by atoms with Crippen molar-refractivity contribution in [1.82, 2.24) is 0 Å². The molecule has 0 atom stereocenters. The van der Waals surface area contributed by atoms with Crippen LogP contribution in [0.25, 0.3) is 11.0 Å². The minimum absolute atomic E-state index is 0.235. The Labute approximate surface area is 124 Å². The Bertz CT molecular complexity index is 733. The van der Waals surface area contributed by atoms with Crippen molar-refractivity contribution in [3.8, 4) is 0 Å². The molecule has 0 spiro atoms. The number of fused-ring (bicyclic) bond motifs is 2. The average Bonchev–Trinajstić information content (AvgIpc) is 2.41. The number of anilines is 1. The van der Waals surface area contributed by atoms with Gasteiger partial charge in [-0.15, -0.1) is 0 Å². The Hall–Kier alpha value is -1.04. The van der Waals surface area contributed by atoms with E-state index >= 15 is 0 Å². The molecule has 0 amide bonds. The summed E-state index contributed by atoms with van der Waals surface area (Å²) in [6.07, 6.45) is 4.55. The van der Waals surface area contributed by atoms with Gasteiger partial charge in [-0.25, -0.2) is 4.79 Å². The lowest BCUT2D eigenvalue weighted by Gasteiger charge is -2.37. The predicted octanol–water partition coefficient (Wildman–Crippen LogP) is 3.10. The Morgan fingerprint density at radius 1 is 1.16 bits per heavy atom. The van der Waals surface area contributed by atoms with Crippen LogP contribution < -0.4 is 10.5 Å². The summed E-state index contributed by atoms with van der Waals surface area (Å²) in [5.41, 5.74) is 4.63. The number of hydrogen-bond acceptors (Lipinski definition) is 3. The van der Waals surface area contributed by atoms with Crippen molar-refractivity contribution in [2.75, 3.05) is 18.0 Å². The fraction of sp³-hybridized carbons (Fsp3) is 0.400. The van der Waals surface area contributed by atoms with E-state index in [-0.39, 0.29) is 5.63 Å². The minimum atomic E-state index is -0.235. The van der Waals surface area contributed by atoms with Crippen molar-refractivity contribution in [3.05, 3.63) is 37.2 Å². The molecular weight excluding hydrogens is 353 g/mol. The highest BCUT2D eigenvalue weighted by Crippen LogP contribution is 2.40. The summed E-state index contributed by atoms with van der Waals surface area (Å²) in [4.78, 5) is 14.1. The third-order valence-electron chi connectivity index (χ3n) is 4.18. The van der Waals surface area contributed by atoms with Gasteiger partial charge in [-0.3, -0.25) is 0 Å². The highest BCUT2D eigenvalue weighted by atomic mass is 127. The van der Waals surface area contributed by atoms with E-state index in [0.29, 0.717) is 0 Å². The monoisotopic (exact) mass is 367 g/mol. The van der Waals surface area contributed by atoms with E-state index in [0.717, 1.165) is 46.9 Å². The molecule has 0 radical (unpaired) electrons. The first kappa shape index (κ1) is 11.8. The normalized spacial score (nSPS) is 17.6. The maximum Gasteiger partial charge on any atom is 0.337 e. The minimum Gasteiger partial charge on any atom is -0.422 e. The molecule has 0 bridgehead atoms. The Morgan fingerprint density at radius 2 is 1.95 bits per heavy atom. The van der Waals surface area contributed by atoms with E-state index in [1.165, 1.54) is 23.2 Å². The van der Waals surface area contributed by atoms with Gasteiger partial charge in [0.2, 0.25) is 0 Å². The maximum absolute atomic E-state index is 11.7. The van der Waals surface area contributed by atoms with Gasteiger partial charge in [-0.1, -0.05) is 0 Å². The first-order chi connectivity index (χ1) is 9.24. The molecule has 3 heterocycles. The number of hydrogen-bond donors (Lipinski definition) is 0. The van der Waals surface area contributed by atoms with Crippen LogP contribution in [0, 0.1) is 3.57 Å². The van der Waals surface area contributed by atoms with Crippen LogP contribution in [-0.4, -0.2) is 13.1 Å². The lowest BCUT2D eigenvalue weighted by atomic mass is 9.90. The predicted molar refractivity (Wildman–Crippen MR) is 84.1 cm³/mol. The molecule has 0 unspecified atom stereocenters. The standard InChI is InChI=1S/C15H14INO2/c16-12-8-13(18)19-15-10-4-2-6-17-5-1-3-9(14(10)17)7-11(12)15/h7-8H,1-6H2. The lowest BCUT2D eigenvalue weighted by molar-refractivity contribution is 0.548. The second-order valence-corrected chi connectivity index (χ2v) is 6.51. The van der Waals surface area contributed by atoms with E-state index in [9.17, 15) is 4.79 Å². The van der Waals surface area contributed by atoms with Gasteiger partial charge >= 0.3 is 5.63 Å². The van der Waals surface area contributed by atoms with Gasteiger partial charge in [0, 0.05) is 39.4 Å². The van der Waals surface area contributed by atoms with Crippen LogP contribution in [0.15, 0.2) is 21.3 Å². The topological polar surface area (TPSA) is 33.5 Å². The molecule has 0 aliphatic carbocycles. The van der Waals surface area contributed by atoms with Crippen molar-refractivity contribution in [3.63, 3.8) is 0 Å². The van der Waals surface area contributed by atoms with Crippen LogP contribution >= 0.6 is 22.6 Å². The first-order valence-corrected chi connectivity index (χ1v) is 7.85. The largest absolute Gasteiger partial charge is 0.422 e. The van der Waals surface area contributed by atoms with Crippen LogP contribution in [0.3, 0.4) is 0 Å². The summed E-state index contributed by atoms with van der Waals surface area (Å²) in [6.45, 7) is 2.28. The fourth-order valence-corrected chi connectivity index (χ4v) is 4.09. The molecule has 4 heteroatoms. The van der Waals surface area contributed by atoms with Crippen molar-refractivity contribution in [1.29, 1.82) is 0 Å². The first-order valence-electron chi connectivity index (χ1n) is 6.77. The number of nitrogens with zero attached hydrogens (tertiary/aromatic N) is 1. The molecule has 2 aliphatic heterocycles. The van der Waals surface area contributed by atoms with E-state index in [1.54, 1.807) is 6.07 Å². The summed E-state index contributed by atoms with van der Waals surface area (Å²) in [5, 5.41) is 1.11. The Morgan fingerprint density at radius 3 is 2.79 bits per heavy atom. The number of benzene rings is 1. The zero-order valence-electron chi connectivity index (χ0n) is 10.5. The Kier molecular flexibility index (Phi) is 2.62. The average molecular weight is 367 g/mol. The molecular formula is C15H14INO2. The summed E-state index contributed by atoms with van der Waals surface area (Å²) in [5.74, 6) is 0. The molecule has 0 saturated carbocycles. The van der Waals surface area contributed by atoms with Crippen LogP contribution in [0.2, 0.25) is 0 Å². The molecule has 1 aromatic heterocycles. The molecule has 0 N–H and O–H groups in total. The number of halogens is 1. The van der Waals surface area contributed by atoms with E-state index in [4.69, 9.17) is 4.42 Å². The smallest absolute Gasteiger partial charge is 0.337 e. The fourth-order valence-electron chi connectivity index (χ4n) is 3.44. The number of rotatable bonds is 0. The Balaban J connectivity index is 2.15. The second kappa shape index (κ2) is 4.23. The van der Waals surface area contributed by atoms with E-state index < -0.39 is 0 Å². The van der Waals surface area contributed by atoms with E-state index in [2.05, 4.69) is 33.6 Å². The molecule has 2 aliphatic rings. The van der Waals surface area contributed by atoms with Gasteiger partial charge in [0.15, 0.2) is 0 Å². The molecule has 19 heavy (non-hydrogen) atoms. The third kappa shape index (κ3) is 1.72. The van der Waals surface area contributed by atoms with Crippen LogP contribution in [0.4, 0.5) is 5.69 Å². The molecule has 1 aromatic carbocycles. The van der Waals surface area contributed by atoms with Crippen molar-refractivity contribution in [2.45, 2.75) is 25.7 Å². The molecule has 0 fully saturated rings. The zero-order valence-corrected chi connectivity index (χ0v) is 12.7. The molecule has 98 valence electrons. The summed E-state index contributed by atoms with van der Waals surface area (Å²) < 4.78 is 6.53. The third-order valence-corrected chi connectivity index (χ3v) is 5.07. The van der Waals surface area contributed by atoms with Gasteiger partial charge in [0.1, 0.15) is 5.58 Å². The van der Waals surface area contributed by atoms with Crippen molar-refractivity contribution >= 4 is 39.2 Å². The highest BCUT2D eigenvalue weighted by Gasteiger charge is 2.27. The molecule has 3 nitrogen and oxygen atoms in total. The summed E-state index contributed by atoms with van der Waals surface area (Å²) in [6, 6.07) is 3.82. The van der Waals surface area contributed by atoms with Crippen LogP contribution in [0.5, 0.6) is 0 Å². The lowest BCUT2D eigenvalue weighted by Crippen LogP contribution is -2.34. The molecule has 2 aromatic rings. The van der Waals surface area contributed by atoms with Gasteiger partial charge in [-0.2, -0.15) is 0 Å². The van der Waals surface area contributed by atoms with Gasteiger partial charge in [-0.05, 0) is 59.9 Å². The second-order valence-electron chi connectivity index (χ2n) is 5.35. The van der Waals surface area contributed by atoms with Crippen LogP contribution in [0.1, 0.15) is 24.0 Å². The summed E-state index contributed by atoms with van der Waals surface area (Å²) in [7, 11) is 0. The van der Waals surface area contributed by atoms with Gasteiger partial charge < -0.3 is 9.32 Å². The van der Waals surface area contributed by atoms with Crippen molar-refractivity contribution < 1.29 is 4.42 Å². The van der Waals surface area contributed by atoms with Gasteiger partial charge in [0.05, 0.1) is 0 Å². The van der Waals surface area contributed by atoms with Gasteiger partial charge in [0.25, 0.3) is 0 Å². The number of aryl methyl sites for hydroxylation is 2. The highest BCUT2D eigenvalue weighted by molar-refractivity contribution is 14.1.